The third-order valence-corrected chi connectivity index (χ3v) is 5.06. The van der Waals surface area contributed by atoms with E-state index in [1.165, 1.54) is 6.07 Å². The van der Waals surface area contributed by atoms with Gasteiger partial charge in [-0.15, -0.1) is 0 Å². The number of hydrogen-bond acceptors (Lipinski definition) is 8. The van der Waals surface area contributed by atoms with Gasteiger partial charge in [-0.05, 0) is 19.9 Å². The number of nitrogen functional groups attached to an aromatic ring is 1. The predicted octanol–water partition coefficient (Wildman–Crippen LogP) is 1.31. The minimum absolute atomic E-state index is 0.107. The summed E-state index contributed by atoms with van der Waals surface area (Å²) in [7, 11) is -4.14. The second-order valence-corrected chi connectivity index (χ2v) is 7.24. The van der Waals surface area contributed by atoms with Gasteiger partial charge < -0.3 is 10.5 Å². The van der Waals surface area contributed by atoms with E-state index in [2.05, 4.69) is 4.98 Å². The summed E-state index contributed by atoms with van der Waals surface area (Å²) in [6.07, 6.45) is -4.59. The van der Waals surface area contributed by atoms with Gasteiger partial charge in [-0.25, -0.2) is 9.36 Å². The van der Waals surface area contributed by atoms with Crippen molar-refractivity contribution in [3.05, 3.63) is 22.7 Å². The molecule has 24 heavy (non-hydrogen) atoms. The number of aromatic nitrogens is 2. The molecular formula is C12H16F2N3O6P. The van der Waals surface area contributed by atoms with Gasteiger partial charge in [-0.2, -0.15) is 13.8 Å². The number of nitrogens with zero attached hydrogens (tertiary/aromatic N) is 2. The molecule has 0 bridgehead atoms. The molecule has 3 rings (SSSR count). The average Bonchev–Trinajstić information content (AvgIpc) is 2.69. The Labute approximate surface area is 135 Å². The fourth-order valence-electron chi connectivity index (χ4n) is 2.48. The molecule has 0 amide bonds. The number of alkyl halides is 2. The molecule has 0 spiro atoms. The Morgan fingerprint density at radius 1 is 1.54 bits per heavy atom. The van der Waals surface area contributed by atoms with Gasteiger partial charge in [-0.1, -0.05) is 0 Å². The maximum Gasteiger partial charge on any atom is 0.475 e. The van der Waals surface area contributed by atoms with Crippen LogP contribution in [0.4, 0.5) is 14.6 Å². The molecule has 0 saturated carbocycles. The highest BCUT2D eigenvalue weighted by molar-refractivity contribution is 7.48. The smallest absolute Gasteiger partial charge is 0.383 e. The first kappa shape index (κ1) is 17.4. The quantitative estimate of drug-likeness (QED) is 0.795. The molecule has 134 valence electrons. The lowest BCUT2D eigenvalue weighted by Crippen LogP contribution is -2.45. The molecule has 1 aromatic rings. The van der Waals surface area contributed by atoms with Crippen LogP contribution in [0.5, 0.6) is 0 Å². The Kier molecular flexibility index (Phi) is 4.25. The van der Waals surface area contributed by atoms with Crippen molar-refractivity contribution >= 4 is 13.6 Å². The van der Waals surface area contributed by atoms with Crippen LogP contribution in [-0.2, 0) is 22.9 Å². The largest absolute Gasteiger partial charge is 0.475 e. The molecule has 0 aromatic carbocycles. The van der Waals surface area contributed by atoms with Crippen molar-refractivity contribution in [3.8, 4) is 0 Å². The summed E-state index contributed by atoms with van der Waals surface area (Å²) < 4.78 is 62.3. The maximum atomic E-state index is 14.7. The molecule has 0 aliphatic carbocycles. The lowest BCUT2D eigenvalue weighted by atomic mass is 10.1. The van der Waals surface area contributed by atoms with E-state index >= 15 is 0 Å². The summed E-state index contributed by atoms with van der Waals surface area (Å²) in [5.74, 6) is -3.77. The van der Waals surface area contributed by atoms with E-state index in [-0.39, 0.29) is 5.82 Å². The Hall–Kier alpha value is -1.39. The summed E-state index contributed by atoms with van der Waals surface area (Å²) in [6, 6.07) is 1.19. The second kappa shape index (κ2) is 5.85. The predicted molar refractivity (Wildman–Crippen MR) is 76.4 cm³/mol. The van der Waals surface area contributed by atoms with Crippen LogP contribution in [-0.4, -0.2) is 40.4 Å². The molecule has 1 aromatic heterocycles. The van der Waals surface area contributed by atoms with E-state index in [1.807, 2.05) is 0 Å². The SMILES string of the molecule is CC(C)O[P@]1(=O)OCC2O[C@@H](n3ccc(N)nc3=O)C(F)(F)[C@@H]2O1. The van der Waals surface area contributed by atoms with E-state index in [0.29, 0.717) is 4.57 Å². The van der Waals surface area contributed by atoms with Crippen molar-refractivity contribution in [2.24, 2.45) is 0 Å². The second-order valence-electron chi connectivity index (χ2n) is 5.67. The van der Waals surface area contributed by atoms with Crippen LogP contribution in [0, 0.1) is 0 Å². The van der Waals surface area contributed by atoms with Gasteiger partial charge in [0.15, 0.2) is 6.10 Å². The molecule has 2 N–H and O–H groups in total. The molecule has 12 heteroatoms. The molecule has 2 aliphatic rings. The highest BCUT2D eigenvalue weighted by Crippen LogP contribution is 2.60. The number of hydrogen-bond donors (Lipinski definition) is 1. The topological polar surface area (TPSA) is 115 Å². The number of anilines is 1. The van der Waals surface area contributed by atoms with Gasteiger partial charge >= 0.3 is 19.4 Å². The van der Waals surface area contributed by atoms with Gasteiger partial charge in [0.05, 0.1) is 12.7 Å². The van der Waals surface area contributed by atoms with Crippen LogP contribution >= 0.6 is 7.82 Å². The zero-order valence-electron chi connectivity index (χ0n) is 12.8. The van der Waals surface area contributed by atoms with Crippen molar-refractivity contribution in [1.82, 2.24) is 9.55 Å². The molecule has 3 heterocycles. The fourth-order valence-corrected chi connectivity index (χ4v) is 4.06. The minimum Gasteiger partial charge on any atom is -0.383 e. The molecule has 4 atom stereocenters. The zero-order chi connectivity index (χ0) is 17.7. The van der Waals surface area contributed by atoms with Crippen LogP contribution in [0.2, 0.25) is 0 Å². The molecular weight excluding hydrogens is 351 g/mol. The van der Waals surface area contributed by atoms with E-state index < -0.39 is 50.6 Å². The first-order chi connectivity index (χ1) is 11.1. The summed E-state index contributed by atoms with van der Waals surface area (Å²) in [5, 5.41) is 0. The summed E-state index contributed by atoms with van der Waals surface area (Å²) in [4.78, 5) is 15.2. The molecule has 9 nitrogen and oxygen atoms in total. The van der Waals surface area contributed by atoms with Gasteiger partial charge in [0.25, 0.3) is 0 Å². The normalized spacial score (nSPS) is 35.1. The Balaban J connectivity index is 1.90. The van der Waals surface area contributed by atoms with Crippen LogP contribution in [0.1, 0.15) is 20.1 Å². The number of fused-ring (bicyclic) bond motifs is 1. The Morgan fingerprint density at radius 2 is 2.25 bits per heavy atom. The highest BCUT2D eigenvalue weighted by atomic mass is 31.2. The number of phosphoric acid groups is 1. The van der Waals surface area contributed by atoms with Gasteiger partial charge in [0.1, 0.15) is 11.9 Å². The first-order valence-electron chi connectivity index (χ1n) is 7.12. The number of ether oxygens (including phenoxy) is 1. The monoisotopic (exact) mass is 367 g/mol. The molecule has 1 unspecified atom stereocenters. The van der Waals surface area contributed by atoms with Crippen molar-refractivity contribution in [2.75, 3.05) is 12.3 Å². The van der Waals surface area contributed by atoms with Crippen molar-refractivity contribution in [2.45, 2.75) is 44.3 Å². The van der Waals surface area contributed by atoms with Crippen LogP contribution in [0.25, 0.3) is 0 Å². The standard InChI is InChI=1S/C12H16F2N3O6P/c1-6(2)22-24(19)20-5-7-9(23-24)12(13,14)10(21-7)17-4-3-8(15)16-11(17)18/h3-4,6-7,9-10H,5H2,1-2H3,(H2,15,16,18)/t7?,9-,10-,24+/m1/s1. The Morgan fingerprint density at radius 3 is 2.88 bits per heavy atom. The molecule has 0 radical (unpaired) electrons. The zero-order valence-corrected chi connectivity index (χ0v) is 13.7. The third-order valence-electron chi connectivity index (χ3n) is 3.43. The first-order valence-corrected chi connectivity index (χ1v) is 8.58. The van der Waals surface area contributed by atoms with E-state index in [9.17, 15) is 18.1 Å². The number of nitrogens with two attached hydrogens (primary N) is 1. The van der Waals surface area contributed by atoms with Crippen molar-refractivity contribution < 1.29 is 31.7 Å². The molecule has 2 saturated heterocycles. The van der Waals surface area contributed by atoms with Crippen molar-refractivity contribution in [3.63, 3.8) is 0 Å². The van der Waals surface area contributed by atoms with Crippen LogP contribution in [0.15, 0.2) is 17.1 Å². The van der Waals surface area contributed by atoms with Crippen LogP contribution in [0.3, 0.4) is 0 Å². The van der Waals surface area contributed by atoms with E-state index in [1.54, 1.807) is 13.8 Å². The lowest BCUT2D eigenvalue weighted by Gasteiger charge is -2.32. The molecule has 2 fully saturated rings. The van der Waals surface area contributed by atoms with Gasteiger partial charge in [0, 0.05) is 6.20 Å². The molecule has 2 aliphatic heterocycles. The van der Waals surface area contributed by atoms with Gasteiger partial charge in [0.2, 0.25) is 6.23 Å². The average molecular weight is 367 g/mol. The van der Waals surface area contributed by atoms with Crippen molar-refractivity contribution in [1.29, 1.82) is 0 Å². The number of phosphoric ester groups is 1. The van der Waals surface area contributed by atoms with E-state index in [4.69, 9.17) is 24.0 Å². The fraction of sp³-hybridized carbons (Fsp3) is 0.667. The van der Waals surface area contributed by atoms with Crippen LogP contribution < -0.4 is 11.4 Å². The maximum absolute atomic E-state index is 14.7. The third kappa shape index (κ3) is 2.98. The highest BCUT2D eigenvalue weighted by Gasteiger charge is 2.65. The lowest BCUT2D eigenvalue weighted by molar-refractivity contribution is -0.139. The number of rotatable bonds is 3. The summed E-state index contributed by atoms with van der Waals surface area (Å²) >= 11 is 0. The van der Waals surface area contributed by atoms with E-state index in [0.717, 1.165) is 6.20 Å². The Bertz CT molecular complexity index is 742. The number of halogens is 2. The minimum atomic E-state index is -4.14. The van der Waals surface area contributed by atoms with Gasteiger partial charge in [-0.3, -0.25) is 18.1 Å². The summed E-state index contributed by atoms with van der Waals surface area (Å²) in [5.41, 5.74) is 4.34. The summed E-state index contributed by atoms with van der Waals surface area (Å²) in [6.45, 7) is 2.70.